The molecule has 0 radical (unpaired) electrons. The number of nitrogens with one attached hydrogen (secondary N) is 1. The van der Waals surface area contributed by atoms with Gasteiger partial charge < -0.3 is 10.2 Å². The molecule has 1 aromatic rings. The monoisotopic (exact) mass is 260 g/mol. The normalized spacial score (nSPS) is 24.5. The minimum absolute atomic E-state index is 0.185. The molecule has 1 fully saturated rings. The Morgan fingerprint density at radius 2 is 1.89 bits per heavy atom. The van der Waals surface area contributed by atoms with Crippen molar-refractivity contribution in [2.45, 2.75) is 44.7 Å². The van der Waals surface area contributed by atoms with Crippen LogP contribution in [0.15, 0.2) is 30.3 Å². The van der Waals surface area contributed by atoms with Crippen LogP contribution < -0.4 is 5.32 Å². The first-order valence-corrected chi connectivity index (χ1v) is 7.44. The van der Waals surface area contributed by atoms with E-state index in [9.17, 15) is 0 Å². The van der Waals surface area contributed by atoms with Gasteiger partial charge in [-0.15, -0.1) is 0 Å². The van der Waals surface area contributed by atoms with Crippen LogP contribution in [0.2, 0.25) is 0 Å². The summed E-state index contributed by atoms with van der Waals surface area (Å²) >= 11 is 0. The minimum atomic E-state index is 0.185. The lowest BCUT2D eigenvalue weighted by atomic mass is 9.87. The molecule has 3 unspecified atom stereocenters. The van der Waals surface area contributed by atoms with Crippen LogP contribution in [0, 0.1) is 5.92 Å². The fraction of sp³-hybridized carbons (Fsp3) is 0.647. The van der Waals surface area contributed by atoms with Crippen LogP contribution in [-0.2, 0) is 0 Å². The van der Waals surface area contributed by atoms with E-state index in [1.807, 2.05) is 0 Å². The zero-order valence-electron chi connectivity index (χ0n) is 13.0. The average molecular weight is 260 g/mol. The Morgan fingerprint density at radius 3 is 2.42 bits per heavy atom. The fourth-order valence-electron chi connectivity index (χ4n) is 3.09. The van der Waals surface area contributed by atoms with Crippen LogP contribution in [0.1, 0.15) is 38.7 Å². The van der Waals surface area contributed by atoms with Crippen LogP contribution >= 0.6 is 0 Å². The molecule has 2 heteroatoms. The van der Waals surface area contributed by atoms with E-state index in [-0.39, 0.29) is 5.54 Å². The van der Waals surface area contributed by atoms with Gasteiger partial charge in [-0.25, -0.2) is 0 Å². The highest BCUT2D eigenvalue weighted by atomic mass is 15.2. The Balaban J connectivity index is 2.11. The number of hydrogen-bond acceptors (Lipinski definition) is 2. The third-order valence-electron chi connectivity index (χ3n) is 4.83. The summed E-state index contributed by atoms with van der Waals surface area (Å²) in [5.41, 5.74) is 1.69. The van der Waals surface area contributed by atoms with Crippen molar-refractivity contribution in [2.24, 2.45) is 5.92 Å². The number of benzene rings is 1. The minimum Gasteiger partial charge on any atom is -0.312 e. The molecular formula is C17H28N2. The van der Waals surface area contributed by atoms with Crippen LogP contribution in [0.3, 0.4) is 0 Å². The van der Waals surface area contributed by atoms with Crippen molar-refractivity contribution in [3.8, 4) is 0 Å². The molecule has 1 aliphatic carbocycles. The zero-order chi connectivity index (χ0) is 14.0. The second-order valence-electron chi connectivity index (χ2n) is 6.50. The summed E-state index contributed by atoms with van der Waals surface area (Å²) in [6.45, 7) is 7.94. The molecule has 2 rings (SSSR count). The maximum atomic E-state index is 3.72. The second kappa shape index (κ2) is 5.64. The third-order valence-corrected chi connectivity index (χ3v) is 4.83. The quantitative estimate of drug-likeness (QED) is 0.845. The molecule has 1 aliphatic rings. The summed E-state index contributed by atoms with van der Waals surface area (Å²) in [5.74, 6) is 1.50. The summed E-state index contributed by atoms with van der Waals surface area (Å²) in [7, 11) is 4.37. The van der Waals surface area contributed by atoms with Gasteiger partial charge in [0.1, 0.15) is 0 Å². The van der Waals surface area contributed by atoms with E-state index in [1.54, 1.807) is 0 Å². The van der Waals surface area contributed by atoms with Crippen molar-refractivity contribution in [1.29, 1.82) is 0 Å². The molecule has 3 atom stereocenters. The van der Waals surface area contributed by atoms with Gasteiger partial charge in [0.05, 0.1) is 0 Å². The van der Waals surface area contributed by atoms with E-state index in [2.05, 4.69) is 75.4 Å². The predicted molar refractivity (Wildman–Crippen MR) is 82.5 cm³/mol. The van der Waals surface area contributed by atoms with Gasteiger partial charge in [0.15, 0.2) is 0 Å². The van der Waals surface area contributed by atoms with Crippen LogP contribution in [0.5, 0.6) is 0 Å². The molecule has 0 heterocycles. The van der Waals surface area contributed by atoms with Crippen LogP contribution in [-0.4, -0.2) is 37.1 Å². The lowest BCUT2D eigenvalue weighted by Crippen LogP contribution is -2.56. The number of nitrogens with zero attached hydrogens (tertiary/aromatic N) is 1. The summed E-state index contributed by atoms with van der Waals surface area (Å²) < 4.78 is 0. The van der Waals surface area contributed by atoms with Crippen LogP contribution in [0.25, 0.3) is 0 Å². The van der Waals surface area contributed by atoms with Gasteiger partial charge in [0.25, 0.3) is 0 Å². The van der Waals surface area contributed by atoms with Gasteiger partial charge in [0, 0.05) is 11.6 Å². The van der Waals surface area contributed by atoms with Gasteiger partial charge in [-0.3, -0.25) is 0 Å². The first-order chi connectivity index (χ1) is 8.98. The van der Waals surface area contributed by atoms with Crippen molar-refractivity contribution in [2.75, 3.05) is 20.6 Å². The van der Waals surface area contributed by atoms with E-state index in [0.29, 0.717) is 6.04 Å². The Kier molecular flexibility index (Phi) is 4.32. The summed E-state index contributed by atoms with van der Waals surface area (Å²) in [4.78, 5) is 2.35. The topological polar surface area (TPSA) is 15.3 Å². The molecule has 0 saturated heterocycles. The van der Waals surface area contributed by atoms with Crippen LogP contribution in [0.4, 0.5) is 0 Å². The smallest absolute Gasteiger partial charge is 0.0303 e. The number of likely N-dealkylation sites (N-methyl/N-ethyl adjacent to an activating group) is 2. The molecule has 0 aromatic heterocycles. The Labute approximate surface area is 118 Å². The highest BCUT2D eigenvalue weighted by Crippen LogP contribution is 2.51. The lowest BCUT2D eigenvalue weighted by Gasteiger charge is -2.41. The summed E-state index contributed by atoms with van der Waals surface area (Å²) in [6, 6.07) is 11.5. The number of rotatable bonds is 6. The van der Waals surface area contributed by atoms with E-state index in [4.69, 9.17) is 0 Å². The molecule has 0 aliphatic heterocycles. The van der Waals surface area contributed by atoms with Crippen molar-refractivity contribution >= 4 is 0 Å². The molecule has 0 bridgehead atoms. The molecule has 1 N–H and O–H groups in total. The first kappa shape index (κ1) is 14.5. The molecule has 106 valence electrons. The second-order valence-corrected chi connectivity index (χ2v) is 6.50. The molecule has 1 saturated carbocycles. The van der Waals surface area contributed by atoms with E-state index < -0.39 is 0 Å². The standard InChI is InChI=1S/C17H28N2/c1-6-18-16(17(2,3)19(4)5)15-12-14(15)13-10-8-7-9-11-13/h7-11,14-16,18H,6,12H2,1-5H3. The van der Waals surface area contributed by atoms with Gasteiger partial charge in [-0.2, -0.15) is 0 Å². The number of hydrogen-bond donors (Lipinski definition) is 1. The Morgan fingerprint density at radius 1 is 1.26 bits per heavy atom. The highest BCUT2D eigenvalue weighted by Gasteiger charge is 2.49. The Hall–Kier alpha value is -0.860. The Bertz CT molecular complexity index is 397. The molecule has 0 spiro atoms. The molecular weight excluding hydrogens is 232 g/mol. The maximum absolute atomic E-state index is 3.72. The first-order valence-electron chi connectivity index (χ1n) is 7.44. The average Bonchev–Trinajstić information content (AvgIpc) is 3.16. The van der Waals surface area contributed by atoms with Gasteiger partial charge in [0.2, 0.25) is 0 Å². The molecule has 0 amide bonds. The van der Waals surface area contributed by atoms with E-state index in [0.717, 1.165) is 18.4 Å². The maximum Gasteiger partial charge on any atom is 0.0303 e. The lowest BCUT2D eigenvalue weighted by molar-refractivity contribution is 0.125. The third kappa shape index (κ3) is 3.01. The summed E-state index contributed by atoms with van der Waals surface area (Å²) in [6.07, 6.45) is 1.32. The predicted octanol–water partition coefficient (Wildman–Crippen LogP) is 3.11. The van der Waals surface area contributed by atoms with E-state index in [1.165, 1.54) is 12.0 Å². The van der Waals surface area contributed by atoms with Gasteiger partial charge in [-0.1, -0.05) is 37.3 Å². The largest absolute Gasteiger partial charge is 0.312 e. The highest BCUT2D eigenvalue weighted by molar-refractivity contribution is 5.27. The molecule has 19 heavy (non-hydrogen) atoms. The van der Waals surface area contributed by atoms with Crippen molar-refractivity contribution < 1.29 is 0 Å². The molecule has 2 nitrogen and oxygen atoms in total. The van der Waals surface area contributed by atoms with E-state index >= 15 is 0 Å². The van der Waals surface area contributed by atoms with Crippen molar-refractivity contribution in [3.05, 3.63) is 35.9 Å². The van der Waals surface area contributed by atoms with Gasteiger partial charge >= 0.3 is 0 Å². The van der Waals surface area contributed by atoms with Crippen molar-refractivity contribution in [1.82, 2.24) is 10.2 Å². The molecule has 1 aromatic carbocycles. The fourth-order valence-corrected chi connectivity index (χ4v) is 3.09. The zero-order valence-corrected chi connectivity index (χ0v) is 13.0. The van der Waals surface area contributed by atoms with Crippen molar-refractivity contribution in [3.63, 3.8) is 0 Å². The van der Waals surface area contributed by atoms with Gasteiger partial charge in [-0.05, 0) is 58.3 Å². The summed E-state index contributed by atoms with van der Waals surface area (Å²) in [5, 5.41) is 3.72. The SMILES string of the molecule is CCNC(C1CC1c1ccccc1)C(C)(C)N(C)C.